The Balaban J connectivity index is 2.72. The van der Waals surface area contributed by atoms with Crippen molar-refractivity contribution in [2.45, 2.75) is 12.5 Å². The molecule has 6 heteroatoms. The molecule has 0 saturated carbocycles. The zero-order chi connectivity index (χ0) is 11.4. The Bertz CT molecular complexity index is 374. The van der Waals surface area contributed by atoms with E-state index >= 15 is 0 Å². The molecule has 0 heterocycles. The summed E-state index contributed by atoms with van der Waals surface area (Å²) >= 11 is 0. The van der Waals surface area contributed by atoms with Crippen molar-refractivity contribution < 1.29 is 20.0 Å². The molecule has 15 heavy (non-hydrogen) atoms. The number of aliphatic carboxylic acids is 1. The quantitative estimate of drug-likeness (QED) is 0.627. The average molecular weight is 211 g/mol. The number of carbonyl (C=O) groups is 1. The summed E-state index contributed by atoms with van der Waals surface area (Å²) in [7, 11) is 0. The molecule has 1 atom stereocenters. The van der Waals surface area contributed by atoms with Crippen LogP contribution in [0.4, 0.5) is 5.69 Å². The van der Waals surface area contributed by atoms with Crippen LogP contribution < -0.4 is 5.73 Å². The van der Waals surface area contributed by atoms with E-state index in [9.17, 15) is 9.70 Å². The van der Waals surface area contributed by atoms with Crippen molar-refractivity contribution in [2.24, 2.45) is 5.73 Å². The van der Waals surface area contributed by atoms with Crippen LogP contribution in [0.2, 0.25) is 0 Å². The van der Waals surface area contributed by atoms with E-state index in [1.807, 2.05) is 0 Å². The maximum Gasteiger partial charge on any atom is 0.320 e. The standard InChI is InChI=1S/C9H10N2O4/c10-8(9(12)13)5-6-1-3-7(4-2-6)11(14)15/h1-4,8H,5,10H2,(H-,12,13,14,15)/p+1. The smallest absolute Gasteiger partial charge is 0.320 e. The Kier molecular flexibility index (Phi) is 3.35. The highest BCUT2D eigenvalue weighted by molar-refractivity contribution is 5.73. The van der Waals surface area contributed by atoms with Crippen LogP contribution in [-0.4, -0.2) is 27.2 Å². The molecule has 0 saturated heterocycles. The largest absolute Gasteiger partial charge is 0.480 e. The van der Waals surface area contributed by atoms with E-state index in [2.05, 4.69) is 0 Å². The molecule has 80 valence electrons. The van der Waals surface area contributed by atoms with Gasteiger partial charge in [0.15, 0.2) is 0 Å². The van der Waals surface area contributed by atoms with Gasteiger partial charge in [0.2, 0.25) is 0 Å². The highest BCUT2D eigenvalue weighted by atomic mass is 16.6. The van der Waals surface area contributed by atoms with Gasteiger partial charge in [-0.3, -0.25) is 4.79 Å². The molecule has 0 aromatic heterocycles. The van der Waals surface area contributed by atoms with E-state index in [1.54, 1.807) is 12.1 Å². The molecule has 1 unspecified atom stereocenters. The van der Waals surface area contributed by atoms with Gasteiger partial charge in [-0.15, -0.1) is 0 Å². The molecular weight excluding hydrogens is 200 g/mol. The zero-order valence-corrected chi connectivity index (χ0v) is 7.83. The van der Waals surface area contributed by atoms with E-state index in [0.29, 0.717) is 5.56 Å². The normalized spacial score (nSPS) is 12.1. The van der Waals surface area contributed by atoms with Crippen LogP contribution >= 0.6 is 0 Å². The summed E-state index contributed by atoms with van der Waals surface area (Å²) in [6.07, 6.45) is 0.180. The highest BCUT2D eigenvalue weighted by Crippen LogP contribution is 2.12. The summed E-state index contributed by atoms with van der Waals surface area (Å²) in [5.74, 6) is -1.08. The second-order valence-corrected chi connectivity index (χ2v) is 3.09. The lowest BCUT2D eigenvalue weighted by atomic mass is 10.1. The number of rotatable bonds is 4. The number of hydrogen-bond donors (Lipinski definition) is 3. The first kappa shape index (κ1) is 11.1. The first-order chi connectivity index (χ1) is 7.00. The van der Waals surface area contributed by atoms with Gasteiger partial charge in [-0.1, -0.05) is 12.1 Å². The van der Waals surface area contributed by atoms with E-state index in [-0.39, 0.29) is 17.0 Å². The maximum atomic E-state index is 10.5. The van der Waals surface area contributed by atoms with Crippen LogP contribution in [0.25, 0.3) is 0 Å². The molecule has 0 aliphatic rings. The lowest BCUT2D eigenvalue weighted by Crippen LogP contribution is -2.32. The van der Waals surface area contributed by atoms with Gasteiger partial charge in [-0.25, -0.2) is 5.21 Å². The number of benzene rings is 1. The third-order valence-corrected chi connectivity index (χ3v) is 1.93. The van der Waals surface area contributed by atoms with Crippen molar-refractivity contribution in [3.8, 4) is 0 Å². The predicted octanol–water partition coefficient (Wildman–Crippen LogP) is 0.441. The minimum absolute atomic E-state index is 0.0858. The maximum absolute atomic E-state index is 10.5. The fourth-order valence-electron chi connectivity index (χ4n) is 1.10. The van der Waals surface area contributed by atoms with Crippen LogP contribution in [0.1, 0.15) is 5.56 Å². The van der Waals surface area contributed by atoms with E-state index < -0.39 is 12.0 Å². The van der Waals surface area contributed by atoms with Gasteiger partial charge >= 0.3 is 11.7 Å². The highest BCUT2D eigenvalue weighted by Gasteiger charge is 2.14. The molecule has 6 nitrogen and oxygen atoms in total. The van der Waals surface area contributed by atoms with E-state index in [0.717, 1.165) is 0 Å². The summed E-state index contributed by atoms with van der Waals surface area (Å²) in [6.45, 7) is 0. The van der Waals surface area contributed by atoms with Gasteiger partial charge in [0.1, 0.15) is 6.04 Å². The van der Waals surface area contributed by atoms with Gasteiger partial charge in [-0.2, -0.15) is 0 Å². The molecule has 4 N–H and O–H groups in total. The Morgan fingerprint density at radius 3 is 2.33 bits per heavy atom. The van der Waals surface area contributed by atoms with Crippen molar-refractivity contribution in [2.75, 3.05) is 0 Å². The summed E-state index contributed by atoms with van der Waals surface area (Å²) in [4.78, 5) is 20.6. The third kappa shape index (κ3) is 3.03. The van der Waals surface area contributed by atoms with Crippen molar-refractivity contribution in [1.29, 1.82) is 0 Å². The van der Waals surface area contributed by atoms with Crippen LogP contribution in [0.15, 0.2) is 24.3 Å². The second-order valence-electron chi connectivity index (χ2n) is 3.09. The lowest BCUT2D eigenvalue weighted by Gasteiger charge is -2.04. The second kappa shape index (κ2) is 4.52. The fraction of sp³-hybridized carbons (Fsp3) is 0.222. The van der Waals surface area contributed by atoms with Crippen LogP contribution in [0.5, 0.6) is 0 Å². The first-order valence-electron chi connectivity index (χ1n) is 4.24. The Morgan fingerprint density at radius 1 is 1.40 bits per heavy atom. The first-order valence-corrected chi connectivity index (χ1v) is 4.24. The number of carboxylic acid groups (broad SMARTS) is 1. The minimum atomic E-state index is -1.08. The summed E-state index contributed by atoms with van der Waals surface area (Å²) < 4.78 is 0. The monoisotopic (exact) mass is 211 g/mol. The van der Waals surface area contributed by atoms with Crippen molar-refractivity contribution in [3.63, 3.8) is 0 Å². The number of nitrogens with zero attached hydrogens (tertiary/aromatic N) is 1. The Hall–Kier alpha value is -1.95. The Morgan fingerprint density at radius 2 is 1.93 bits per heavy atom. The molecule has 0 aliphatic heterocycles. The molecule has 0 amide bonds. The molecule has 0 aliphatic carbocycles. The van der Waals surface area contributed by atoms with Gasteiger partial charge in [0.25, 0.3) is 4.92 Å². The lowest BCUT2D eigenvalue weighted by molar-refractivity contribution is -0.729. The topological polar surface area (TPSA) is 104 Å². The minimum Gasteiger partial charge on any atom is -0.480 e. The summed E-state index contributed by atoms with van der Waals surface area (Å²) in [6, 6.07) is 4.89. The SMILES string of the molecule is NC(Cc1ccc([N+](=O)O)cc1)C(=O)O. The molecular formula is C9H11N2O4+. The predicted molar refractivity (Wildman–Crippen MR) is 50.8 cm³/mol. The molecule has 0 bridgehead atoms. The van der Waals surface area contributed by atoms with Gasteiger partial charge in [-0.05, 0) is 12.0 Å². The number of nitrogens with two attached hydrogens (primary N) is 1. The molecule has 1 aromatic rings. The zero-order valence-electron chi connectivity index (χ0n) is 7.83. The molecule has 0 radical (unpaired) electrons. The number of hydrogen-bond acceptors (Lipinski definition) is 3. The van der Waals surface area contributed by atoms with Crippen LogP contribution in [-0.2, 0) is 11.2 Å². The van der Waals surface area contributed by atoms with Crippen LogP contribution in [0.3, 0.4) is 0 Å². The Labute approximate surface area is 85.5 Å². The molecule has 0 fully saturated rings. The molecule has 1 aromatic carbocycles. The summed E-state index contributed by atoms with van der Waals surface area (Å²) in [5, 5.41) is 17.1. The molecule has 0 spiro atoms. The van der Waals surface area contributed by atoms with Crippen molar-refractivity contribution in [1.82, 2.24) is 0 Å². The van der Waals surface area contributed by atoms with E-state index in [1.165, 1.54) is 12.1 Å². The van der Waals surface area contributed by atoms with Gasteiger partial charge in [0.05, 0.1) is 4.91 Å². The van der Waals surface area contributed by atoms with E-state index in [4.69, 9.17) is 16.0 Å². The average Bonchev–Trinajstić information content (AvgIpc) is 2.18. The number of carboxylic acids is 1. The van der Waals surface area contributed by atoms with Gasteiger partial charge < -0.3 is 10.8 Å². The third-order valence-electron chi connectivity index (χ3n) is 1.93. The van der Waals surface area contributed by atoms with Crippen molar-refractivity contribution >= 4 is 11.7 Å². The van der Waals surface area contributed by atoms with Gasteiger partial charge in [0, 0.05) is 12.1 Å². The molecule has 1 rings (SSSR count). The summed E-state index contributed by atoms with van der Waals surface area (Å²) in [5.41, 5.74) is 6.10. The fourth-order valence-corrected chi connectivity index (χ4v) is 1.10. The van der Waals surface area contributed by atoms with Crippen molar-refractivity contribution in [3.05, 3.63) is 34.7 Å². The van der Waals surface area contributed by atoms with Crippen LogP contribution in [0, 0.1) is 4.91 Å².